The van der Waals surface area contributed by atoms with Crippen LogP contribution in [0.15, 0.2) is 30.5 Å². The van der Waals surface area contributed by atoms with E-state index >= 15 is 0 Å². The summed E-state index contributed by atoms with van der Waals surface area (Å²) < 4.78 is 15.5. The fourth-order valence-corrected chi connectivity index (χ4v) is 2.26. The number of nitrogens with one attached hydrogen (secondary N) is 1. The van der Waals surface area contributed by atoms with Crippen LogP contribution in [0.1, 0.15) is 24.2 Å². The molecular formula is C14H17ClFN3. The molecule has 0 saturated heterocycles. The van der Waals surface area contributed by atoms with Crippen molar-refractivity contribution in [3.05, 3.63) is 52.6 Å². The number of halogens is 2. The van der Waals surface area contributed by atoms with Gasteiger partial charge in [0.15, 0.2) is 0 Å². The average Bonchev–Trinajstić information content (AvgIpc) is 2.80. The second kappa shape index (κ2) is 6.17. The van der Waals surface area contributed by atoms with E-state index in [9.17, 15) is 4.39 Å². The molecule has 1 aromatic heterocycles. The van der Waals surface area contributed by atoms with Crippen LogP contribution in [0, 0.1) is 5.82 Å². The highest BCUT2D eigenvalue weighted by molar-refractivity contribution is 6.30. The van der Waals surface area contributed by atoms with E-state index < -0.39 is 0 Å². The number of hydrogen-bond acceptors (Lipinski definition) is 2. The van der Waals surface area contributed by atoms with Crippen molar-refractivity contribution >= 4 is 11.6 Å². The monoisotopic (exact) mass is 281 g/mol. The summed E-state index contributed by atoms with van der Waals surface area (Å²) in [7, 11) is 1.87. The van der Waals surface area contributed by atoms with Crippen molar-refractivity contribution < 1.29 is 4.39 Å². The van der Waals surface area contributed by atoms with Crippen molar-refractivity contribution in [1.82, 2.24) is 15.1 Å². The number of nitrogens with zero attached hydrogens (tertiary/aromatic N) is 2. The third-order valence-corrected chi connectivity index (χ3v) is 3.21. The number of benzene rings is 1. The zero-order valence-electron chi connectivity index (χ0n) is 11.0. The molecule has 0 aliphatic carbocycles. The lowest BCUT2D eigenvalue weighted by Crippen LogP contribution is -2.24. The van der Waals surface area contributed by atoms with Gasteiger partial charge in [-0.3, -0.25) is 4.68 Å². The molecule has 0 aliphatic rings. The Hall–Kier alpha value is -1.39. The van der Waals surface area contributed by atoms with Crippen molar-refractivity contribution in [3.63, 3.8) is 0 Å². The van der Waals surface area contributed by atoms with Crippen LogP contribution in [0.3, 0.4) is 0 Å². The average molecular weight is 282 g/mol. The maximum Gasteiger partial charge on any atom is 0.126 e. The molecule has 0 aliphatic heterocycles. The maximum atomic E-state index is 13.8. The fraction of sp³-hybridized carbons (Fsp3) is 0.357. The molecule has 0 amide bonds. The fourth-order valence-electron chi connectivity index (χ4n) is 2.07. The molecule has 1 unspecified atom stereocenters. The molecule has 3 nitrogen and oxygen atoms in total. The summed E-state index contributed by atoms with van der Waals surface area (Å²) in [5, 5.41) is 8.25. The van der Waals surface area contributed by atoms with Gasteiger partial charge < -0.3 is 5.32 Å². The van der Waals surface area contributed by atoms with Crippen molar-refractivity contribution in [1.29, 1.82) is 0 Å². The quantitative estimate of drug-likeness (QED) is 0.913. The van der Waals surface area contributed by atoms with Crippen LogP contribution < -0.4 is 5.32 Å². The van der Waals surface area contributed by atoms with Gasteiger partial charge in [0.1, 0.15) is 5.82 Å². The van der Waals surface area contributed by atoms with Gasteiger partial charge in [0.05, 0.1) is 11.7 Å². The number of aryl methyl sites for hydroxylation is 1. The van der Waals surface area contributed by atoms with Gasteiger partial charge in [0, 0.05) is 18.3 Å². The van der Waals surface area contributed by atoms with Gasteiger partial charge in [0.25, 0.3) is 0 Å². The van der Waals surface area contributed by atoms with Gasteiger partial charge in [-0.1, -0.05) is 18.5 Å². The topological polar surface area (TPSA) is 29.9 Å². The molecule has 0 saturated carbocycles. The molecular weight excluding hydrogens is 265 g/mol. The van der Waals surface area contributed by atoms with Crippen molar-refractivity contribution in [3.8, 4) is 0 Å². The Morgan fingerprint density at radius 3 is 2.84 bits per heavy atom. The molecule has 1 heterocycles. The number of hydrogen-bond donors (Lipinski definition) is 1. The largest absolute Gasteiger partial charge is 0.309 e. The number of likely N-dealkylation sites (N-methyl/N-ethyl adjacent to an activating group) is 1. The summed E-state index contributed by atoms with van der Waals surface area (Å²) in [5.41, 5.74) is 1.51. The second-order valence-corrected chi connectivity index (χ2v) is 4.90. The molecule has 0 spiro atoms. The van der Waals surface area contributed by atoms with E-state index in [0.29, 0.717) is 17.0 Å². The van der Waals surface area contributed by atoms with Crippen LogP contribution in [0.4, 0.5) is 4.39 Å². The lowest BCUT2D eigenvalue weighted by Gasteiger charge is -2.16. The van der Waals surface area contributed by atoms with Gasteiger partial charge in [-0.05, 0) is 42.8 Å². The van der Waals surface area contributed by atoms with E-state index in [1.165, 1.54) is 6.07 Å². The minimum absolute atomic E-state index is 0.0147. The smallest absolute Gasteiger partial charge is 0.126 e. The highest BCUT2D eigenvalue weighted by Gasteiger charge is 2.16. The maximum absolute atomic E-state index is 13.8. The van der Waals surface area contributed by atoms with Gasteiger partial charge in [-0.25, -0.2) is 4.39 Å². The number of rotatable bonds is 5. The Kier molecular flexibility index (Phi) is 4.56. The van der Waals surface area contributed by atoms with Gasteiger partial charge in [0.2, 0.25) is 0 Å². The molecule has 1 N–H and O–H groups in total. The predicted octanol–water partition coefficient (Wildman–Crippen LogP) is 3.11. The summed E-state index contributed by atoms with van der Waals surface area (Å²) in [4.78, 5) is 0. The molecule has 0 radical (unpaired) electrons. The Morgan fingerprint density at radius 2 is 2.21 bits per heavy atom. The van der Waals surface area contributed by atoms with E-state index in [0.717, 1.165) is 12.2 Å². The molecule has 0 fully saturated rings. The van der Waals surface area contributed by atoms with Crippen LogP contribution in [0.5, 0.6) is 0 Å². The van der Waals surface area contributed by atoms with Crippen LogP contribution >= 0.6 is 11.6 Å². The Bertz CT molecular complexity index is 553. The van der Waals surface area contributed by atoms with Crippen LogP contribution in [-0.4, -0.2) is 16.3 Å². The Balaban J connectivity index is 2.23. The van der Waals surface area contributed by atoms with Gasteiger partial charge in [-0.15, -0.1) is 0 Å². The molecule has 1 aromatic carbocycles. The zero-order chi connectivity index (χ0) is 13.8. The minimum atomic E-state index is -0.233. The lowest BCUT2D eigenvalue weighted by molar-refractivity contribution is 0.511. The predicted molar refractivity (Wildman–Crippen MR) is 74.7 cm³/mol. The second-order valence-electron chi connectivity index (χ2n) is 4.46. The summed E-state index contributed by atoms with van der Waals surface area (Å²) in [6.07, 6.45) is 2.41. The van der Waals surface area contributed by atoms with Crippen molar-refractivity contribution in [2.24, 2.45) is 7.05 Å². The number of aromatic nitrogens is 2. The summed E-state index contributed by atoms with van der Waals surface area (Å²) in [6, 6.07) is 6.56. The highest BCUT2D eigenvalue weighted by atomic mass is 35.5. The summed E-state index contributed by atoms with van der Waals surface area (Å²) in [6.45, 7) is 2.81. The zero-order valence-corrected chi connectivity index (χ0v) is 11.8. The normalized spacial score (nSPS) is 12.6. The van der Waals surface area contributed by atoms with E-state index in [-0.39, 0.29) is 11.9 Å². The van der Waals surface area contributed by atoms with E-state index in [1.807, 2.05) is 26.2 Å². The first-order valence-corrected chi connectivity index (χ1v) is 6.64. The third-order valence-electron chi connectivity index (χ3n) is 2.97. The summed E-state index contributed by atoms with van der Waals surface area (Å²) >= 11 is 5.92. The Morgan fingerprint density at radius 1 is 1.42 bits per heavy atom. The van der Waals surface area contributed by atoms with Crippen LogP contribution in [-0.2, 0) is 13.5 Å². The molecule has 102 valence electrons. The molecule has 1 atom stereocenters. The molecule has 2 aromatic rings. The van der Waals surface area contributed by atoms with E-state index in [4.69, 9.17) is 11.6 Å². The molecule has 2 rings (SSSR count). The SMILES string of the molecule is CCNC(Cc1cc(Cl)ccc1F)c1ccn(C)n1. The standard InChI is InChI=1S/C14H17ClFN3/c1-3-17-14(13-6-7-19(2)18-13)9-10-8-11(15)4-5-12(10)16/h4-8,14,17H,3,9H2,1-2H3. The van der Waals surface area contributed by atoms with Crippen LogP contribution in [0.2, 0.25) is 5.02 Å². The first kappa shape index (κ1) is 14.0. The highest BCUT2D eigenvalue weighted by Crippen LogP contribution is 2.21. The first-order chi connectivity index (χ1) is 9.10. The summed E-state index contributed by atoms with van der Waals surface area (Å²) in [5.74, 6) is -0.233. The lowest BCUT2D eigenvalue weighted by atomic mass is 10.0. The van der Waals surface area contributed by atoms with Gasteiger partial charge >= 0.3 is 0 Å². The van der Waals surface area contributed by atoms with Gasteiger partial charge in [-0.2, -0.15) is 5.10 Å². The molecule has 19 heavy (non-hydrogen) atoms. The first-order valence-electron chi connectivity index (χ1n) is 6.27. The molecule has 5 heteroatoms. The molecule has 0 bridgehead atoms. The van der Waals surface area contributed by atoms with E-state index in [1.54, 1.807) is 16.8 Å². The van der Waals surface area contributed by atoms with Crippen LogP contribution in [0.25, 0.3) is 0 Å². The third kappa shape index (κ3) is 3.55. The van der Waals surface area contributed by atoms with Crippen molar-refractivity contribution in [2.75, 3.05) is 6.54 Å². The Labute approximate surface area is 117 Å². The minimum Gasteiger partial charge on any atom is -0.309 e. The van der Waals surface area contributed by atoms with E-state index in [2.05, 4.69) is 10.4 Å². The van der Waals surface area contributed by atoms with Crippen molar-refractivity contribution in [2.45, 2.75) is 19.4 Å².